The smallest absolute Gasteiger partial charge is 0.102 e. The van der Waals surface area contributed by atoms with Crippen LogP contribution >= 0.6 is 35.0 Å². The summed E-state index contributed by atoms with van der Waals surface area (Å²) in [5.41, 5.74) is 2.68. The fourth-order valence-corrected chi connectivity index (χ4v) is 2.53. The monoisotopic (exact) mass is 300 g/mol. The molecule has 0 spiro atoms. The molecule has 3 heteroatoms. The van der Waals surface area contributed by atoms with Crippen LogP contribution in [-0.2, 0) is 0 Å². The maximum atomic E-state index is 5.56. The number of allylic oxidation sites excluding steroid dienone is 2. The first-order valence-electron chi connectivity index (χ1n) is 5.94. The van der Waals surface area contributed by atoms with Gasteiger partial charge in [-0.3, -0.25) is 0 Å². The van der Waals surface area contributed by atoms with Crippen LogP contribution in [0.2, 0.25) is 0 Å². The second-order valence-electron chi connectivity index (χ2n) is 4.21. The molecule has 0 saturated heterocycles. The SMILES string of the molecule is CC(=CCSc1ccc(C)cc1)CCC=C(Cl)Cl. The van der Waals surface area contributed by atoms with Crippen molar-refractivity contribution in [3.63, 3.8) is 0 Å². The zero-order chi connectivity index (χ0) is 13.4. The highest BCUT2D eigenvalue weighted by atomic mass is 35.5. The zero-order valence-electron chi connectivity index (χ0n) is 10.7. The fourth-order valence-electron chi connectivity index (χ4n) is 1.43. The predicted molar refractivity (Wildman–Crippen MR) is 84.7 cm³/mol. The van der Waals surface area contributed by atoms with Crippen LogP contribution in [0.15, 0.2) is 51.4 Å². The Hall–Kier alpha value is -0.370. The van der Waals surface area contributed by atoms with E-state index >= 15 is 0 Å². The summed E-state index contributed by atoms with van der Waals surface area (Å²) in [5.74, 6) is 1.01. The molecule has 0 aliphatic rings. The van der Waals surface area contributed by atoms with Crippen molar-refractivity contribution in [2.75, 3.05) is 5.75 Å². The minimum Gasteiger partial charge on any atom is -0.122 e. The number of hydrogen-bond acceptors (Lipinski definition) is 1. The van der Waals surface area contributed by atoms with Gasteiger partial charge in [0.15, 0.2) is 0 Å². The lowest BCUT2D eigenvalue weighted by atomic mass is 10.1. The minimum absolute atomic E-state index is 0.358. The Morgan fingerprint density at radius 1 is 1.17 bits per heavy atom. The van der Waals surface area contributed by atoms with Gasteiger partial charge in [0.2, 0.25) is 0 Å². The van der Waals surface area contributed by atoms with Crippen molar-refractivity contribution in [3.05, 3.63) is 52.0 Å². The molecule has 0 aliphatic heterocycles. The van der Waals surface area contributed by atoms with Crippen molar-refractivity contribution >= 4 is 35.0 Å². The van der Waals surface area contributed by atoms with Gasteiger partial charge in [0.1, 0.15) is 4.49 Å². The highest BCUT2D eigenvalue weighted by molar-refractivity contribution is 7.99. The highest BCUT2D eigenvalue weighted by Crippen LogP contribution is 2.19. The second kappa shape index (κ2) is 8.68. The molecule has 1 rings (SSSR count). The first-order chi connectivity index (χ1) is 8.58. The Balaban J connectivity index is 2.31. The van der Waals surface area contributed by atoms with E-state index in [0.717, 1.165) is 18.6 Å². The fraction of sp³-hybridized carbons (Fsp3) is 0.333. The lowest BCUT2D eigenvalue weighted by Crippen LogP contribution is -1.80. The Labute approximate surface area is 124 Å². The molecule has 0 unspecified atom stereocenters. The van der Waals surface area contributed by atoms with Crippen LogP contribution in [0.25, 0.3) is 0 Å². The number of rotatable bonds is 6. The molecule has 0 fully saturated rings. The summed E-state index contributed by atoms with van der Waals surface area (Å²) >= 11 is 13.0. The average Bonchev–Trinajstić information content (AvgIpc) is 2.31. The van der Waals surface area contributed by atoms with Gasteiger partial charge >= 0.3 is 0 Å². The van der Waals surface area contributed by atoms with Crippen LogP contribution in [0.3, 0.4) is 0 Å². The number of hydrogen-bond donors (Lipinski definition) is 0. The van der Waals surface area contributed by atoms with Crippen molar-refractivity contribution in [2.24, 2.45) is 0 Å². The van der Waals surface area contributed by atoms with Gasteiger partial charge in [-0.05, 0) is 38.8 Å². The van der Waals surface area contributed by atoms with Gasteiger partial charge < -0.3 is 0 Å². The summed E-state index contributed by atoms with van der Waals surface area (Å²) in [5, 5.41) is 0. The Morgan fingerprint density at radius 2 is 1.83 bits per heavy atom. The molecular weight excluding hydrogens is 283 g/mol. The maximum absolute atomic E-state index is 5.56. The Bertz CT molecular complexity index is 415. The summed E-state index contributed by atoms with van der Waals surface area (Å²) in [6.45, 7) is 4.25. The summed E-state index contributed by atoms with van der Waals surface area (Å²) in [4.78, 5) is 1.31. The summed E-state index contributed by atoms with van der Waals surface area (Å²) in [6.07, 6.45) is 6.02. The molecule has 0 N–H and O–H groups in total. The lowest BCUT2D eigenvalue weighted by molar-refractivity contribution is 0.975. The molecule has 18 heavy (non-hydrogen) atoms. The van der Waals surface area contributed by atoms with E-state index in [-0.39, 0.29) is 0 Å². The first-order valence-corrected chi connectivity index (χ1v) is 7.68. The van der Waals surface area contributed by atoms with E-state index in [1.54, 1.807) is 0 Å². The normalized spacial score (nSPS) is 11.4. The van der Waals surface area contributed by atoms with Crippen molar-refractivity contribution in [3.8, 4) is 0 Å². The molecule has 0 aliphatic carbocycles. The molecule has 0 saturated carbocycles. The van der Waals surface area contributed by atoms with Crippen molar-refractivity contribution < 1.29 is 0 Å². The van der Waals surface area contributed by atoms with E-state index < -0.39 is 0 Å². The van der Waals surface area contributed by atoms with Gasteiger partial charge in [-0.2, -0.15) is 0 Å². The molecule has 0 radical (unpaired) electrons. The quantitative estimate of drug-likeness (QED) is 0.449. The molecule has 0 nitrogen and oxygen atoms in total. The van der Waals surface area contributed by atoms with Crippen LogP contribution in [0.4, 0.5) is 0 Å². The third-order valence-corrected chi connectivity index (χ3v) is 3.79. The number of halogens is 2. The maximum Gasteiger partial charge on any atom is 0.102 e. The van der Waals surface area contributed by atoms with E-state index in [9.17, 15) is 0 Å². The van der Waals surface area contributed by atoms with E-state index in [2.05, 4.69) is 44.2 Å². The summed E-state index contributed by atoms with van der Waals surface area (Å²) in [7, 11) is 0. The largest absolute Gasteiger partial charge is 0.122 e. The molecule has 0 amide bonds. The van der Waals surface area contributed by atoms with Crippen molar-refractivity contribution in [2.45, 2.75) is 31.6 Å². The topological polar surface area (TPSA) is 0 Å². The number of benzene rings is 1. The van der Waals surface area contributed by atoms with Gasteiger partial charge in [0.25, 0.3) is 0 Å². The molecule has 0 aromatic heterocycles. The zero-order valence-corrected chi connectivity index (χ0v) is 13.1. The third-order valence-electron chi connectivity index (χ3n) is 2.54. The predicted octanol–water partition coefficient (Wildman–Crippen LogP) is 6.13. The molecule has 0 bridgehead atoms. The van der Waals surface area contributed by atoms with Crippen LogP contribution in [0.5, 0.6) is 0 Å². The van der Waals surface area contributed by atoms with Crippen LogP contribution in [0.1, 0.15) is 25.3 Å². The standard InChI is InChI=1S/C15H18Cl2S/c1-12(4-3-5-15(16)17)10-11-18-14-8-6-13(2)7-9-14/h5-10H,3-4,11H2,1-2H3. The van der Waals surface area contributed by atoms with Crippen LogP contribution in [-0.4, -0.2) is 5.75 Å². The molecule has 1 aromatic carbocycles. The van der Waals surface area contributed by atoms with Crippen molar-refractivity contribution in [1.29, 1.82) is 0 Å². The molecular formula is C15H18Cl2S. The Morgan fingerprint density at radius 3 is 2.44 bits per heavy atom. The average molecular weight is 301 g/mol. The minimum atomic E-state index is 0.358. The van der Waals surface area contributed by atoms with Gasteiger partial charge in [0.05, 0.1) is 0 Å². The molecule has 0 atom stereocenters. The number of thioether (sulfide) groups is 1. The molecule has 0 heterocycles. The molecule has 1 aromatic rings. The number of aryl methyl sites for hydroxylation is 1. The van der Waals surface area contributed by atoms with Gasteiger partial charge in [0, 0.05) is 10.6 Å². The summed E-state index contributed by atoms with van der Waals surface area (Å²) < 4.78 is 0.358. The van der Waals surface area contributed by atoms with E-state index in [4.69, 9.17) is 23.2 Å². The molecule has 98 valence electrons. The third kappa shape index (κ3) is 7.15. The van der Waals surface area contributed by atoms with Gasteiger partial charge in [-0.25, -0.2) is 0 Å². The lowest BCUT2D eigenvalue weighted by Gasteiger charge is -2.01. The Kier molecular flexibility index (Phi) is 7.57. The summed E-state index contributed by atoms with van der Waals surface area (Å²) in [6, 6.07) is 8.62. The first kappa shape index (κ1) is 15.7. The second-order valence-corrected chi connectivity index (χ2v) is 6.31. The van der Waals surface area contributed by atoms with Crippen molar-refractivity contribution in [1.82, 2.24) is 0 Å². The highest BCUT2D eigenvalue weighted by Gasteiger charge is 1.93. The van der Waals surface area contributed by atoms with E-state index in [1.807, 2.05) is 17.8 Å². The van der Waals surface area contributed by atoms with E-state index in [1.165, 1.54) is 16.0 Å². The van der Waals surface area contributed by atoms with Gasteiger partial charge in [-0.15, -0.1) is 11.8 Å². The van der Waals surface area contributed by atoms with E-state index in [0.29, 0.717) is 4.49 Å². The van der Waals surface area contributed by atoms with Gasteiger partial charge in [-0.1, -0.05) is 58.6 Å². The van der Waals surface area contributed by atoms with Crippen LogP contribution in [0, 0.1) is 6.92 Å². The van der Waals surface area contributed by atoms with Crippen LogP contribution < -0.4 is 0 Å².